The Morgan fingerprint density at radius 1 is 0.447 bits per heavy atom. The first kappa shape index (κ1) is 152. The minimum Gasteiger partial charge on any atom is -0.396 e. The van der Waals surface area contributed by atoms with Crippen molar-refractivity contribution in [1.29, 1.82) is 0 Å². The topological polar surface area (TPSA) is 572 Å². The highest BCUT2D eigenvalue weighted by Gasteiger charge is 2.24. The van der Waals surface area contributed by atoms with Gasteiger partial charge in [-0.25, -0.2) is 4.98 Å². The molecule has 45 nitrogen and oxygen atoms in total. The second-order valence-corrected chi connectivity index (χ2v) is 36.4. The van der Waals surface area contributed by atoms with Gasteiger partial charge in [0.05, 0.1) is 106 Å². The summed E-state index contributed by atoms with van der Waals surface area (Å²) in [5.41, 5.74) is 13.1. The molecule has 1 saturated heterocycles. The van der Waals surface area contributed by atoms with Crippen molar-refractivity contribution < 1.29 is 122 Å². The Bertz CT molecular complexity index is 4140. The van der Waals surface area contributed by atoms with Gasteiger partial charge in [0, 0.05) is 308 Å². The van der Waals surface area contributed by atoms with Crippen LogP contribution in [0.15, 0.2) is 70.6 Å². The number of H-pyrrole nitrogens is 1. The largest absolute Gasteiger partial charge is 0.396 e. The van der Waals surface area contributed by atoms with Crippen molar-refractivity contribution in [3.8, 4) is 0 Å². The maximum atomic E-state index is 11.6. The lowest BCUT2D eigenvalue weighted by atomic mass is 10.1. The van der Waals surface area contributed by atoms with Crippen LogP contribution in [-0.4, -0.2) is 438 Å². The first-order valence-corrected chi connectivity index (χ1v) is 51.6. The van der Waals surface area contributed by atoms with Crippen molar-refractivity contribution in [2.24, 2.45) is 41.2 Å². The van der Waals surface area contributed by atoms with Crippen molar-refractivity contribution in [2.75, 3.05) is 225 Å². The van der Waals surface area contributed by atoms with Crippen LogP contribution >= 0.6 is 11.3 Å². The molecular weight excluding hydrogens is 1960 g/mol. The minimum absolute atomic E-state index is 0.0301. The number of methoxy groups -OCH3 is 3. The van der Waals surface area contributed by atoms with Gasteiger partial charge in [0.25, 0.3) is 0 Å². The van der Waals surface area contributed by atoms with E-state index in [0.717, 1.165) is 46.3 Å². The summed E-state index contributed by atoms with van der Waals surface area (Å²) < 4.78 is 24.5. The molecule has 1 aliphatic rings. The molecule has 7 atom stereocenters. The van der Waals surface area contributed by atoms with E-state index in [-0.39, 0.29) is 158 Å². The highest BCUT2D eigenvalue weighted by Crippen LogP contribution is 2.13. The van der Waals surface area contributed by atoms with Crippen LogP contribution < -0.4 is 5.73 Å². The SMILES string of the molecule is CC(CCO)C(=O)N(C)C.CC(CCO)C(=O)N1CCOCC1.CC(CCO)C(N)=O.CCC(=O)N(C)C[C@@H](O)CO.CCC(=O)N(C)Cc1cc(C)[nH]n1.CCC(=O)N(C)Cc1cccc(C)n1.CCC(=O)N(C)Cc1ccon1.CCC(=O)N(C)Cc1cnccn1.CCC(=O)N(C)Cc1cscn1.CCC(=O)N(CCOC)CCOC.COCCC(C)C(=O)N(C)C.C[C@@H](CCO)C(=O)N(C)C.C[C@H](CCO)C(=O)N(C)C. The number of amides is 13. The number of aliphatic hydroxyl groups excluding tert-OH is 7. The molecule has 4 unspecified atom stereocenters. The lowest BCUT2D eigenvalue weighted by Crippen LogP contribution is -2.43. The molecule has 6 rings (SSSR count). The number of hydrogen-bond donors (Lipinski definition) is 9. The number of ether oxygens (including phenoxy) is 4. The maximum Gasteiger partial charge on any atom is 0.225 e. The zero-order chi connectivity index (χ0) is 117. The summed E-state index contributed by atoms with van der Waals surface area (Å²) in [6.45, 7) is 36.5. The molecule has 0 spiro atoms. The number of aromatic amines is 1. The van der Waals surface area contributed by atoms with Gasteiger partial charge in [-0.15, -0.1) is 11.3 Å². The van der Waals surface area contributed by atoms with E-state index in [0.29, 0.717) is 169 Å². The summed E-state index contributed by atoms with van der Waals surface area (Å²) in [5.74, 6) is 0.621. The molecule has 0 bridgehead atoms. The monoisotopic (exact) mass is 2150 g/mol. The Labute approximate surface area is 898 Å². The summed E-state index contributed by atoms with van der Waals surface area (Å²) in [6.07, 6.45) is 12.7. The molecule has 1 fully saturated rings. The van der Waals surface area contributed by atoms with Crippen LogP contribution in [0.3, 0.4) is 0 Å². The third kappa shape index (κ3) is 80.8. The molecule has 0 aromatic carbocycles. The first-order chi connectivity index (χ1) is 70.6. The zero-order valence-electron chi connectivity index (χ0n) is 96.4. The number of primary amides is 1. The van der Waals surface area contributed by atoms with E-state index < -0.39 is 6.10 Å². The van der Waals surface area contributed by atoms with Crippen molar-refractivity contribution in [3.63, 3.8) is 0 Å². The molecular formula is C104H192N20O25S. The molecule has 0 saturated carbocycles. The lowest BCUT2D eigenvalue weighted by molar-refractivity contribution is -0.139. The lowest BCUT2D eigenvalue weighted by Gasteiger charge is -2.29. The van der Waals surface area contributed by atoms with E-state index >= 15 is 0 Å². The molecule has 10 N–H and O–H groups in total. The molecule has 864 valence electrons. The Hall–Kier alpha value is -11.0. The Balaban J connectivity index is -0.000000296. The standard InChI is InChI=1S/C11H16N2O.C9H15N3O.C9H13N3O.C9H17NO3.C9H19NO3.C8H12N2O2.C8H12N2OS.C8H17NO2.C7H15NO3.3C7H15NO2.C5H11NO2/c1-4-11(14)13(3)8-10-7-5-6-9(2)12-10;1-4-9(13)12(3)6-8-5-7(2)10-11-8;1-3-9(13)12(2)7-8-6-10-4-5-11-8;1-8(2-5-11)9(12)10-3-6-13-7-4-10;1-4-9(11)10(5-7-12-2)6-8-13-3;1-3-8(11)10(2)6-7-4-5-12-9-7;1-3-8(11)10(2)4-7-5-12-6-9-7;1-7(5-6-11-4)8(10)9(2)3;1-3-7(11)8(2)4-6(10)5-9;3*1-6(4-5-9)7(10)8(2)3;1-4(2-3-7)5(6)8/h5-7H,4,8H2,1-3H3;5H,4,6H2,1-3H3,(H,10,11);4-6H,3,7H2,1-2H3;8,11H,2-7H2,1H3;4-8H2,1-3H3;4-5H,3,6H2,1-2H3;5-6H,3-4H2,1-2H3;7H,5-6H2,1-4H3;6,9-10H,3-5H2,1-2H3;3*6,9H,4-5H2,1-3H3;4,7H,2-3H2,1H3,(H2,6,8)/t;;;;;;;;3*6-;;/m........110../s1. The van der Waals surface area contributed by atoms with Crippen LogP contribution in [0.4, 0.5) is 0 Å². The highest BCUT2D eigenvalue weighted by molar-refractivity contribution is 7.07. The van der Waals surface area contributed by atoms with Gasteiger partial charge in [0.15, 0.2) is 0 Å². The number of aliphatic hydroxyl groups is 7. The van der Waals surface area contributed by atoms with Crippen molar-refractivity contribution >= 4 is 88.1 Å². The van der Waals surface area contributed by atoms with Crippen LogP contribution in [0.25, 0.3) is 0 Å². The third-order valence-corrected chi connectivity index (χ3v) is 22.0. The predicted octanol–water partition coefficient (Wildman–Crippen LogP) is 6.35. The number of carbonyl (C=O) groups excluding carboxylic acids is 13. The number of nitrogens with one attached hydrogen (secondary N) is 1. The van der Waals surface area contributed by atoms with Crippen molar-refractivity contribution in [1.82, 2.24) is 94.1 Å². The fraction of sp³-hybridized carbons (Fsp3) is 0.702. The Morgan fingerprint density at radius 3 is 1.13 bits per heavy atom. The number of hydrogen-bond acceptors (Lipinski definition) is 32. The van der Waals surface area contributed by atoms with Gasteiger partial charge in [-0.2, -0.15) is 5.10 Å². The van der Waals surface area contributed by atoms with Gasteiger partial charge < -0.3 is 124 Å². The summed E-state index contributed by atoms with van der Waals surface area (Å²) >= 11 is 1.55. The van der Waals surface area contributed by atoms with E-state index in [9.17, 15) is 62.3 Å². The number of nitrogens with two attached hydrogens (primary N) is 1. The normalized spacial score (nSPS) is 12.0. The average molecular weight is 2150 g/mol. The molecule has 13 amide bonds. The predicted molar refractivity (Wildman–Crippen MR) is 580 cm³/mol. The molecule has 6 heterocycles. The van der Waals surface area contributed by atoms with Gasteiger partial charge in [0.1, 0.15) is 12.0 Å². The van der Waals surface area contributed by atoms with Crippen LogP contribution in [0.2, 0.25) is 0 Å². The number of thiazole rings is 1. The molecule has 5 aromatic heterocycles. The summed E-state index contributed by atoms with van der Waals surface area (Å²) in [6, 6.07) is 9.54. The van der Waals surface area contributed by atoms with E-state index in [1.165, 1.54) is 11.2 Å². The smallest absolute Gasteiger partial charge is 0.225 e. The molecule has 5 aromatic rings. The van der Waals surface area contributed by atoms with Gasteiger partial charge >= 0.3 is 0 Å². The van der Waals surface area contributed by atoms with Gasteiger partial charge in [-0.1, -0.05) is 101 Å². The van der Waals surface area contributed by atoms with E-state index in [2.05, 4.69) is 39.8 Å². The number of likely N-dealkylation sites (N-methyl/N-ethyl adjacent to an activating group) is 1. The summed E-state index contributed by atoms with van der Waals surface area (Å²) in [5, 5.41) is 72.4. The zero-order valence-corrected chi connectivity index (χ0v) is 97.3. The summed E-state index contributed by atoms with van der Waals surface area (Å²) in [7, 11) is 29.3. The fourth-order valence-electron chi connectivity index (χ4n) is 11.9. The van der Waals surface area contributed by atoms with Crippen molar-refractivity contribution in [2.45, 2.75) is 226 Å². The number of aromatic nitrogens is 7. The number of aryl methyl sites for hydroxylation is 2. The average Bonchev–Trinajstić information content (AvgIpc) is 1.88. The number of rotatable bonds is 45. The first-order valence-electron chi connectivity index (χ1n) is 50.6. The van der Waals surface area contributed by atoms with Gasteiger partial charge in [0.2, 0.25) is 76.8 Å². The van der Waals surface area contributed by atoms with Crippen LogP contribution in [-0.2, 0) is 114 Å². The summed E-state index contributed by atoms with van der Waals surface area (Å²) in [4.78, 5) is 180. The Kier molecular flexibility index (Phi) is 97.5. The quantitative estimate of drug-likeness (QED) is 0.0205. The van der Waals surface area contributed by atoms with E-state index in [1.54, 1.807) is 224 Å². The van der Waals surface area contributed by atoms with Crippen LogP contribution in [0.1, 0.15) is 213 Å². The Morgan fingerprint density at radius 2 is 0.813 bits per heavy atom. The van der Waals surface area contributed by atoms with E-state index in [4.69, 9.17) is 60.4 Å². The van der Waals surface area contributed by atoms with E-state index in [1.807, 2.05) is 125 Å². The molecule has 0 aliphatic carbocycles. The van der Waals surface area contributed by atoms with Crippen LogP contribution in [0.5, 0.6) is 0 Å². The number of pyridine rings is 1. The molecule has 1 aliphatic heterocycles. The molecule has 0 radical (unpaired) electrons. The second-order valence-electron chi connectivity index (χ2n) is 35.7. The number of morpholine rings is 1. The second kappa shape index (κ2) is 96.3. The molecule has 46 heteroatoms. The minimum atomic E-state index is -0.824. The third-order valence-electron chi connectivity index (χ3n) is 21.4. The fourth-order valence-corrected chi connectivity index (χ4v) is 12.5. The van der Waals surface area contributed by atoms with Gasteiger partial charge in [-0.3, -0.25) is 82.4 Å². The number of carbonyl (C=O) groups is 13. The maximum absolute atomic E-state index is 11.6. The highest BCUT2D eigenvalue weighted by atomic mass is 32.1. The molecule has 150 heavy (non-hydrogen) atoms. The van der Waals surface area contributed by atoms with Gasteiger partial charge in [-0.05, 0) is 70.6 Å². The van der Waals surface area contributed by atoms with Crippen LogP contribution in [0, 0.1) is 49.4 Å². The van der Waals surface area contributed by atoms with Crippen molar-refractivity contribution in [3.05, 3.63) is 106 Å². The number of nitrogens with zero attached hydrogens (tertiary/aromatic N) is 18.